The molecule has 0 radical (unpaired) electrons. The number of fused-ring (bicyclic) bond motifs is 1. The monoisotopic (exact) mass is 316 g/mol. The summed E-state index contributed by atoms with van der Waals surface area (Å²) < 4.78 is 7.18. The molecule has 0 aliphatic carbocycles. The number of ether oxygens (including phenoxy) is 1. The van der Waals surface area contributed by atoms with Crippen molar-refractivity contribution >= 4 is 22.8 Å². The molecular weight excluding hydrogens is 296 g/mol. The van der Waals surface area contributed by atoms with Crippen LogP contribution in [-0.4, -0.2) is 35.2 Å². The van der Waals surface area contributed by atoms with E-state index in [1.165, 1.54) is 13.0 Å². The molecule has 2 rings (SSSR count). The number of rotatable bonds is 5. The number of nitrogens with zero attached hydrogens (tertiary/aromatic N) is 1. The van der Waals surface area contributed by atoms with Gasteiger partial charge < -0.3 is 19.7 Å². The summed E-state index contributed by atoms with van der Waals surface area (Å²) in [5.74, 6) is -0.556. The topological polar surface area (TPSA) is 80.6 Å². The number of methoxy groups -OCH3 is 1. The summed E-state index contributed by atoms with van der Waals surface area (Å²) in [5, 5.41) is 12.4. The maximum absolute atomic E-state index is 12.5. The average molecular weight is 316 g/mol. The number of hydrogen-bond acceptors (Lipinski definition) is 3. The number of carboxylic acid groups (broad SMARTS) is 1. The van der Waals surface area contributed by atoms with Crippen LogP contribution in [0.2, 0.25) is 0 Å². The van der Waals surface area contributed by atoms with Crippen LogP contribution >= 0.6 is 0 Å². The lowest BCUT2D eigenvalue weighted by atomic mass is 10.1. The molecule has 6 nitrogen and oxygen atoms in total. The van der Waals surface area contributed by atoms with Crippen molar-refractivity contribution in [3.8, 4) is 5.75 Å². The Morgan fingerprint density at radius 3 is 2.70 bits per heavy atom. The summed E-state index contributed by atoms with van der Waals surface area (Å²) in [5.41, 5.74) is 2.54. The van der Waals surface area contributed by atoms with Crippen LogP contribution in [0, 0.1) is 6.92 Å². The molecule has 0 aliphatic rings. The minimum absolute atomic E-state index is 0.163. The SMILES string of the molecule is COc1ccc2c(c1)c(C(=O)NCC=C(C)C(=O)O)c(C)n2C. The van der Waals surface area contributed by atoms with E-state index < -0.39 is 5.97 Å². The largest absolute Gasteiger partial charge is 0.497 e. The number of amides is 1. The van der Waals surface area contributed by atoms with E-state index in [1.54, 1.807) is 7.11 Å². The summed E-state index contributed by atoms with van der Waals surface area (Å²) in [6.07, 6.45) is 1.47. The van der Waals surface area contributed by atoms with E-state index in [0.29, 0.717) is 11.3 Å². The predicted octanol–water partition coefficient (Wildman–Crippen LogP) is 2.26. The number of hydrogen-bond donors (Lipinski definition) is 2. The molecule has 23 heavy (non-hydrogen) atoms. The van der Waals surface area contributed by atoms with E-state index in [9.17, 15) is 9.59 Å². The van der Waals surface area contributed by atoms with Crippen LogP contribution in [0.4, 0.5) is 0 Å². The van der Waals surface area contributed by atoms with Gasteiger partial charge in [-0.3, -0.25) is 4.79 Å². The zero-order valence-electron chi connectivity index (χ0n) is 13.6. The van der Waals surface area contributed by atoms with Gasteiger partial charge in [-0.05, 0) is 32.0 Å². The van der Waals surface area contributed by atoms with Crippen LogP contribution in [-0.2, 0) is 11.8 Å². The van der Waals surface area contributed by atoms with Crippen LogP contribution in [0.15, 0.2) is 29.8 Å². The molecule has 0 fully saturated rings. The fraction of sp³-hybridized carbons (Fsp3) is 0.294. The number of carbonyl (C=O) groups excluding carboxylic acids is 1. The van der Waals surface area contributed by atoms with Gasteiger partial charge >= 0.3 is 5.97 Å². The molecule has 1 aromatic heterocycles. The number of nitrogens with one attached hydrogen (secondary N) is 1. The third-order valence-corrected chi connectivity index (χ3v) is 3.93. The fourth-order valence-corrected chi connectivity index (χ4v) is 2.44. The van der Waals surface area contributed by atoms with Crippen molar-refractivity contribution in [2.75, 3.05) is 13.7 Å². The molecule has 1 heterocycles. The Kier molecular flexibility index (Phi) is 4.74. The van der Waals surface area contributed by atoms with Crippen LogP contribution in [0.5, 0.6) is 5.75 Å². The Hall–Kier alpha value is -2.76. The van der Waals surface area contributed by atoms with Gasteiger partial charge in [0, 0.05) is 35.8 Å². The summed E-state index contributed by atoms with van der Waals surface area (Å²) in [6.45, 7) is 3.53. The summed E-state index contributed by atoms with van der Waals surface area (Å²) >= 11 is 0. The van der Waals surface area contributed by atoms with E-state index in [-0.39, 0.29) is 18.0 Å². The second-order valence-corrected chi connectivity index (χ2v) is 5.30. The normalized spacial score (nSPS) is 11.6. The van der Waals surface area contributed by atoms with E-state index >= 15 is 0 Å². The van der Waals surface area contributed by atoms with E-state index in [0.717, 1.165) is 16.6 Å². The Bertz CT molecular complexity index is 803. The molecule has 0 spiro atoms. The smallest absolute Gasteiger partial charge is 0.331 e. The zero-order chi connectivity index (χ0) is 17.1. The highest BCUT2D eigenvalue weighted by molar-refractivity contribution is 6.08. The lowest BCUT2D eigenvalue weighted by Gasteiger charge is -2.04. The van der Waals surface area contributed by atoms with Gasteiger partial charge in [-0.15, -0.1) is 0 Å². The molecule has 6 heteroatoms. The van der Waals surface area contributed by atoms with E-state index in [2.05, 4.69) is 5.32 Å². The van der Waals surface area contributed by atoms with Gasteiger partial charge in [0.1, 0.15) is 5.75 Å². The summed E-state index contributed by atoms with van der Waals surface area (Å²) in [4.78, 5) is 23.3. The highest BCUT2D eigenvalue weighted by Gasteiger charge is 2.18. The highest BCUT2D eigenvalue weighted by atomic mass is 16.5. The highest BCUT2D eigenvalue weighted by Crippen LogP contribution is 2.28. The molecule has 122 valence electrons. The number of benzene rings is 1. The Balaban J connectivity index is 2.34. The second-order valence-electron chi connectivity index (χ2n) is 5.30. The maximum atomic E-state index is 12.5. The maximum Gasteiger partial charge on any atom is 0.331 e. The summed E-state index contributed by atoms with van der Waals surface area (Å²) in [6, 6.07) is 5.59. The van der Waals surface area contributed by atoms with Gasteiger partial charge in [-0.1, -0.05) is 6.08 Å². The quantitative estimate of drug-likeness (QED) is 0.829. The fourth-order valence-electron chi connectivity index (χ4n) is 2.44. The van der Waals surface area contributed by atoms with Crippen molar-refractivity contribution in [2.24, 2.45) is 7.05 Å². The summed E-state index contributed by atoms with van der Waals surface area (Å²) in [7, 11) is 3.48. The molecule has 0 saturated heterocycles. The van der Waals surface area contributed by atoms with Crippen molar-refractivity contribution in [3.63, 3.8) is 0 Å². The van der Waals surface area contributed by atoms with E-state index in [1.807, 2.05) is 36.7 Å². The first-order chi connectivity index (χ1) is 10.9. The van der Waals surface area contributed by atoms with Gasteiger partial charge in [-0.25, -0.2) is 4.79 Å². The Morgan fingerprint density at radius 1 is 1.39 bits per heavy atom. The first-order valence-electron chi connectivity index (χ1n) is 7.18. The third-order valence-electron chi connectivity index (χ3n) is 3.93. The van der Waals surface area contributed by atoms with Crippen LogP contribution in [0.25, 0.3) is 10.9 Å². The number of carboxylic acids is 1. The van der Waals surface area contributed by atoms with Crippen LogP contribution < -0.4 is 10.1 Å². The average Bonchev–Trinajstić information content (AvgIpc) is 2.77. The molecule has 1 aromatic carbocycles. The molecular formula is C17H20N2O4. The standard InChI is InChI=1S/C17H20N2O4/c1-10(17(21)22)7-8-18-16(20)15-11(2)19(3)14-6-5-12(23-4)9-13(14)15/h5-7,9H,8H2,1-4H3,(H,18,20)(H,21,22). The van der Waals surface area contributed by atoms with Gasteiger partial charge in [0.25, 0.3) is 5.91 Å². The number of carbonyl (C=O) groups is 2. The van der Waals surface area contributed by atoms with Crippen molar-refractivity contribution in [2.45, 2.75) is 13.8 Å². The Labute approximate surface area is 134 Å². The Morgan fingerprint density at radius 2 is 2.09 bits per heavy atom. The third kappa shape index (κ3) is 3.21. The molecule has 2 N–H and O–H groups in total. The van der Waals surface area contributed by atoms with Gasteiger partial charge in [0.15, 0.2) is 0 Å². The van der Waals surface area contributed by atoms with Gasteiger partial charge in [-0.2, -0.15) is 0 Å². The van der Waals surface area contributed by atoms with Crippen molar-refractivity contribution in [1.82, 2.24) is 9.88 Å². The molecule has 0 saturated carbocycles. The van der Waals surface area contributed by atoms with Crippen molar-refractivity contribution < 1.29 is 19.4 Å². The molecule has 1 amide bonds. The molecule has 0 atom stereocenters. The predicted molar refractivity (Wildman–Crippen MR) is 87.9 cm³/mol. The van der Waals surface area contributed by atoms with E-state index in [4.69, 9.17) is 9.84 Å². The van der Waals surface area contributed by atoms with Crippen LogP contribution in [0.3, 0.4) is 0 Å². The minimum Gasteiger partial charge on any atom is -0.497 e. The van der Waals surface area contributed by atoms with Crippen molar-refractivity contribution in [1.29, 1.82) is 0 Å². The van der Waals surface area contributed by atoms with Crippen molar-refractivity contribution in [3.05, 3.63) is 41.1 Å². The molecule has 0 aliphatic heterocycles. The zero-order valence-corrected chi connectivity index (χ0v) is 13.6. The number of aryl methyl sites for hydroxylation is 1. The number of aromatic nitrogens is 1. The molecule has 2 aromatic rings. The number of aliphatic carboxylic acids is 1. The van der Waals surface area contributed by atoms with Crippen LogP contribution in [0.1, 0.15) is 23.0 Å². The minimum atomic E-state index is -0.995. The first-order valence-corrected chi connectivity index (χ1v) is 7.18. The lowest BCUT2D eigenvalue weighted by Crippen LogP contribution is -2.24. The second kappa shape index (κ2) is 6.56. The lowest BCUT2D eigenvalue weighted by molar-refractivity contribution is -0.132. The molecule has 0 unspecified atom stereocenters. The van der Waals surface area contributed by atoms with Gasteiger partial charge in [0.05, 0.1) is 12.7 Å². The van der Waals surface area contributed by atoms with Gasteiger partial charge in [0.2, 0.25) is 0 Å². The molecule has 0 bridgehead atoms. The first kappa shape index (κ1) is 16.6.